The van der Waals surface area contributed by atoms with Gasteiger partial charge in [-0.2, -0.15) is 5.10 Å². The average molecular weight is 218 g/mol. The summed E-state index contributed by atoms with van der Waals surface area (Å²) in [6.07, 6.45) is 6.94. The van der Waals surface area contributed by atoms with E-state index < -0.39 is 11.6 Å². The quantitative estimate of drug-likeness (QED) is 0.672. The van der Waals surface area contributed by atoms with Crippen LogP contribution < -0.4 is 0 Å². The van der Waals surface area contributed by atoms with Crippen LogP contribution in [0.2, 0.25) is 0 Å². The summed E-state index contributed by atoms with van der Waals surface area (Å²) in [5.41, 5.74) is 1.54. The molecule has 0 saturated heterocycles. The van der Waals surface area contributed by atoms with Crippen molar-refractivity contribution in [1.29, 1.82) is 0 Å². The van der Waals surface area contributed by atoms with Crippen molar-refractivity contribution in [2.45, 2.75) is 0 Å². The van der Waals surface area contributed by atoms with Crippen molar-refractivity contribution >= 4 is 0 Å². The lowest BCUT2D eigenvalue weighted by atomic mass is 10.1. The first-order valence-electron chi connectivity index (χ1n) is 4.57. The molecule has 0 amide bonds. The maximum atomic E-state index is 13.1. The second kappa shape index (κ2) is 3.78. The molecule has 2 nitrogen and oxygen atoms in total. The minimum atomic E-state index is -0.899. The summed E-state index contributed by atoms with van der Waals surface area (Å²) in [7, 11) is 1.71. The third-order valence-corrected chi connectivity index (χ3v) is 2.20. The number of nitrogens with zero attached hydrogens (tertiary/aromatic N) is 2. The van der Waals surface area contributed by atoms with E-state index in [1.807, 2.05) is 0 Å². The van der Waals surface area contributed by atoms with E-state index in [0.717, 1.165) is 12.1 Å². The van der Waals surface area contributed by atoms with Crippen LogP contribution in [0.5, 0.6) is 0 Å². The van der Waals surface area contributed by atoms with E-state index in [-0.39, 0.29) is 0 Å². The molecule has 0 saturated carbocycles. The van der Waals surface area contributed by atoms with E-state index in [4.69, 9.17) is 6.42 Å². The molecular weight excluding hydrogens is 210 g/mol. The van der Waals surface area contributed by atoms with Crippen LogP contribution in [-0.4, -0.2) is 9.78 Å². The van der Waals surface area contributed by atoms with Gasteiger partial charge in [0.25, 0.3) is 0 Å². The number of benzene rings is 1. The molecule has 2 rings (SSSR count). The van der Waals surface area contributed by atoms with Crippen LogP contribution in [0.4, 0.5) is 8.78 Å². The molecule has 0 bridgehead atoms. The Morgan fingerprint density at radius 1 is 1.31 bits per heavy atom. The Balaban J connectivity index is 2.59. The summed E-state index contributed by atoms with van der Waals surface area (Å²) < 4.78 is 27.4. The second-order valence-electron chi connectivity index (χ2n) is 3.34. The molecule has 0 N–H and O–H groups in total. The molecule has 0 spiro atoms. The Hall–Kier alpha value is -2.15. The number of hydrogen-bond acceptors (Lipinski definition) is 1. The fourth-order valence-electron chi connectivity index (χ4n) is 1.47. The van der Waals surface area contributed by atoms with Gasteiger partial charge in [-0.15, -0.1) is 6.42 Å². The highest BCUT2D eigenvalue weighted by molar-refractivity contribution is 5.68. The second-order valence-corrected chi connectivity index (χ2v) is 3.34. The summed E-state index contributed by atoms with van der Waals surface area (Å²) in [5, 5.41) is 4.02. The Kier molecular flexibility index (Phi) is 2.45. The van der Waals surface area contributed by atoms with Gasteiger partial charge in [0.2, 0.25) is 0 Å². The summed E-state index contributed by atoms with van der Waals surface area (Å²) in [5.74, 6) is 0.622. The van der Waals surface area contributed by atoms with Crippen LogP contribution in [0.15, 0.2) is 24.4 Å². The van der Waals surface area contributed by atoms with E-state index >= 15 is 0 Å². The molecule has 1 aromatic carbocycles. The van der Waals surface area contributed by atoms with Crippen LogP contribution >= 0.6 is 0 Å². The SMILES string of the molecule is C#Cc1nn(C)cc1-c1ccc(F)c(F)c1. The van der Waals surface area contributed by atoms with Crippen molar-refractivity contribution in [3.8, 4) is 23.5 Å². The number of hydrogen-bond donors (Lipinski definition) is 0. The molecule has 80 valence electrons. The van der Waals surface area contributed by atoms with Crippen LogP contribution in [-0.2, 0) is 7.05 Å². The fraction of sp³-hybridized carbons (Fsp3) is 0.0833. The zero-order valence-electron chi connectivity index (χ0n) is 8.54. The van der Waals surface area contributed by atoms with Gasteiger partial charge in [0.15, 0.2) is 11.6 Å². The minimum absolute atomic E-state index is 0.411. The van der Waals surface area contributed by atoms with Gasteiger partial charge in [0, 0.05) is 18.8 Å². The maximum Gasteiger partial charge on any atom is 0.159 e. The molecule has 0 atom stereocenters. The number of halogens is 2. The first kappa shape index (κ1) is 10.4. The lowest BCUT2D eigenvalue weighted by Crippen LogP contribution is -1.87. The van der Waals surface area contributed by atoms with Crippen molar-refractivity contribution in [2.24, 2.45) is 7.05 Å². The zero-order chi connectivity index (χ0) is 11.7. The van der Waals surface area contributed by atoms with Crippen LogP contribution in [0.1, 0.15) is 5.69 Å². The molecule has 1 heterocycles. The first-order chi connectivity index (χ1) is 7.61. The number of terminal acetylenes is 1. The lowest BCUT2D eigenvalue weighted by Gasteiger charge is -1.99. The Labute approximate surface area is 91.5 Å². The maximum absolute atomic E-state index is 13.1. The van der Waals surface area contributed by atoms with Gasteiger partial charge in [0.05, 0.1) is 0 Å². The smallest absolute Gasteiger partial charge is 0.159 e. The first-order valence-corrected chi connectivity index (χ1v) is 4.57. The van der Waals surface area contributed by atoms with E-state index in [0.29, 0.717) is 16.8 Å². The van der Waals surface area contributed by atoms with Crippen LogP contribution in [0.3, 0.4) is 0 Å². The molecule has 16 heavy (non-hydrogen) atoms. The Morgan fingerprint density at radius 3 is 2.69 bits per heavy atom. The van der Waals surface area contributed by atoms with E-state index in [2.05, 4.69) is 11.0 Å². The van der Waals surface area contributed by atoms with Crippen molar-refractivity contribution < 1.29 is 8.78 Å². The summed E-state index contributed by atoms with van der Waals surface area (Å²) in [4.78, 5) is 0. The van der Waals surface area contributed by atoms with Gasteiger partial charge in [-0.05, 0) is 23.6 Å². The Morgan fingerprint density at radius 2 is 2.06 bits per heavy atom. The molecule has 0 radical (unpaired) electrons. The van der Waals surface area contributed by atoms with Crippen LogP contribution in [0.25, 0.3) is 11.1 Å². The highest BCUT2D eigenvalue weighted by atomic mass is 19.2. The highest BCUT2D eigenvalue weighted by Crippen LogP contribution is 2.23. The lowest BCUT2D eigenvalue weighted by molar-refractivity contribution is 0.509. The molecule has 0 fully saturated rings. The monoisotopic (exact) mass is 218 g/mol. The van der Waals surface area contributed by atoms with E-state index in [9.17, 15) is 8.78 Å². The van der Waals surface area contributed by atoms with Crippen molar-refractivity contribution in [3.63, 3.8) is 0 Å². The summed E-state index contributed by atoms with van der Waals surface area (Å²) in [6.45, 7) is 0. The van der Waals surface area contributed by atoms with Gasteiger partial charge < -0.3 is 0 Å². The molecule has 2 aromatic rings. The fourth-order valence-corrected chi connectivity index (χ4v) is 1.47. The molecular formula is C12H8F2N2. The summed E-state index contributed by atoms with van der Waals surface area (Å²) >= 11 is 0. The molecule has 0 aliphatic carbocycles. The van der Waals surface area contributed by atoms with E-state index in [1.54, 1.807) is 13.2 Å². The zero-order valence-corrected chi connectivity index (χ0v) is 8.54. The van der Waals surface area contributed by atoms with Gasteiger partial charge >= 0.3 is 0 Å². The third-order valence-electron chi connectivity index (χ3n) is 2.20. The molecule has 0 aliphatic heterocycles. The van der Waals surface area contributed by atoms with Crippen molar-refractivity contribution in [1.82, 2.24) is 9.78 Å². The van der Waals surface area contributed by atoms with E-state index in [1.165, 1.54) is 10.7 Å². The highest BCUT2D eigenvalue weighted by Gasteiger charge is 2.10. The number of aryl methyl sites for hydroxylation is 1. The third kappa shape index (κ3) is 1.68. The Bertz CT molecular complexity index is 579. The minimum Gasteiger partial charge on any atom is -0.274 e. The molecule has 1 aromatic heterocycles. The molecule has 4 heteroatoms. The van der Waals surface area contributed by atoms with Gasteiger partial charge in [-0.3, -0.25) is 4.68 Å². The normalized spacial score (nSPS) is 10.1. The number of aromatic nitrogens is 2. The molecule has 0 aliphatic rings. The summed E-state index contributed by atoms with van der Waals surface area (Å²) in [6, 6.07) is 3.64. The van der Waals surface area contributed by atoms with Crippen molar-refractivity contribution in [3.05, 3.63) is 41.7 Å². The number of rotatable bonds is 1. The van der Waals surface area contributed by atoms with Gasteiger partial charge in [-0.1, -0.05) is 6.07 Å². The largest absolute Gasteiger partial charge is 0.274 e. The van der Waals surface area contributed by atoms with Crippen molar-refractivity contribution in [2.75, 3.05) is 0 Å². The van der Waals surface area contributed by atoms with Gasteiger partial charge in [-0.25, -0.2) is 8.78 Å². The standard InChI is InChI=1S/C12H8F2N2/c1-3-12-9(7-16(2)15-12)8-4-5-10(13)11(14)6-8/h1,4-7H,2H3. The predicted molar refractivity (Wildman–Crippen MR) is 56.5 cm³/mol. The average Bonchev–Trinajstić information content (AvgIpc) is 2.63. The van der Waals surface area contributed by atoms with Crippen LogP contribution in [0, 0.1) is 24.0 Å². The van der Waals surface area contributed by atoms with Gasteiger partial charge in [0.1, 0.15) is 5.69 Å². The predicted octanol–water partition coefficient (Wildman–Crippen LogP) is 2.35. The topological polar surface area (TPSA) is 17.8 Å². The molecule has 0 unspecified atom stereocenters.